The molecule has 0 aliphatic heterocycles. The molecule has 0 aliphatic rings. The van der Waals surface area contributed by atoms with Crippen LogP contribution in [0.4, 0.5) is 0 Å². The second-order valence-corrected chi connectivity index (χ2v) is 0.933. The van der Waals surface area contributed by atoms with Gasteiger partial charge in [0.2, 0.25) is 0 Å². The predicted molar refractivity (Wildman–Crippen MR) is 29.2 cm³/mol. The van der Waals surface area contributed by atoms with Crippen LogP contribution < -0.4 is 0 Å². The van der Waals surface area contributed by atoms with Gasteiger partial charge in [0.1, 0.15) is 0 Å². The van der Waals surface area contributed by atoms with E-state index in [1.807, 2.05) is 19.1 Å². The number of rotatable bonds is 1. The molecule has 0 heterocycles. The zero-order valence-corrected chi connectivity index (χ0v) is 4.18. The summed E-state index contributed by atoms with van der Waals surface area (Å²) in [6, 6.07) is 0. The van der Waals surface area contributed by atoms with Crippen molar-refractivity contribution in [3.05, 3.63) is 12.2 Å². The molecule has 0 radical (unpaired) electrons. The van der Waals surface area contributed by atoms with Crippen LogP contribution in [0.25, 0.3) is 0 Å². The van der Waals surface area contributed by atoms with Crippen LogP contribution in [0.1, 0.15) is 6.92 Å². The highest BCUT2D eigenvalue weighted by atomic mass is 14.6. The summed E-state index contributed by atoms with van der Waals surface area (Å²) in [6.07, 6.45) is 5.58. The van der Waals surface area contributed by atoms with Gasteiger partial charge in [-0.2, -0.15) is 0 Å². The lowest BCUT2D eigenvalue weighted by Crippen LogP contribution is -1.56. The van der Waals surface area contributed by atoms with E-state index >= 15 is 0 Å². The third kappa shape index (κ3) is 3.41. The van der Waals surface area contributed by atoms with E-state index in [2.05, 4.69) is 4.99 Å². The molecular weight excluding hydrogens is 74.1 g/mol. The van der Waals surface area contributed by atoms with Gasteiger partial charge in [-0.25, -0.2) is 0 Å². The highest BCUT2D eigenvalue weighted by molar-refractivity contribution is 5.70. The summed E-state index contributed by atoms with van der Waals surface area (Å²) in [4.78, 5) is 3.71. The van der Waals surface area contributed by atoms with Crippen LogP contribution in [0, 0.1) is 0 Å². The Labute approximate surface area is 38.4 Å². The van der Waals surface area contributed by atoms with Crippen LogP contribution in [-0.4, -0.2) is 13.3 Å². The van der Waals surface area contributed by atoms with Crippen molar-refractivity contribution in [1.82, 2.24) is 0 Å². The van der Waals surface area contributed by atoms with E-state index in [-0.39, 0.29) is 0 Å². The highest BCUT2D eigenvalue weighted by Crippen LogP contribution is 1.60. The minimum atomic E-state index is 1.75. The monoisotopic (exact) mass is 83.1 g/mol. The lowest BCUT2D eigenvalue weighted by molar-refractivity contribution is 1.47. The number of allylic oxidation sites excluding steroid dienone is 2. The first-order valence-corrected chi connectivity index (χ1v) is 1.95. The molecule has 0 aromatic rings. The summed E-state index contributed by atoms with van der Waals surface area (Å²) < 4.78 is 0. The molecule has 0 aromatic carbocycles. The van der Waals surface area contributed by atoms with E-state index in [9.17, 15) is 0 Å². The van der Waals surface area contributed by atoms with E-state index in [4.69, 9.17) is 0 Å². The second-order valence-electron chi connectivity index (χ2n) is 0.933. The van der Waals surface area contributed by atoms with Gasteiger partial charge in [0.05, 0.1) is 0 Å². The molecule has 0 aliphatic carbocycles. The quantitative estimate of drug-likeness (QED) is 0.423. The van der Waals surface area contributed by atoms with Crippen molar-refractivity contribution in [2.45, 2.75) is 6.92 Å². The number of hydrogen-bond acceptors (Lipinski definition) is 1. The topological polar surface area (TPSA) is 12.4 Å². The van der Waals surface area contributed by atoms with Crippen molar-refractivity contribution in [3.8, 4) is 0 Å². The first-order chi connectivity index (χ1) is 2.91. The summed E-state index contributed by atoms with van der Waals surface area (Å²) in [7, 11) is 1.75. The summed E-state index contributed by atoms with van der Waals surface area (Å²) >= 11 is 0. The van der Waals surface area contributed by atoms with Crippen molar-refractivity contribution in [3.63, 3.8) is 0 Å². The van der Waals surface area contributed by atoms with Crippen LogP contribution in [0.3, 0.4) is 0 Å². The molecule has 0 aromatic heterocycles. The number of aliphatic imine (C=N–C) groups is 1. The molecule has 0 atom stereocenters. The van der Waals surface area contributed by atoms with Gasteiger partial charge in [-0.3, -0.25) is 4.99 Å². The molecule has 6 heavy (non-hydrogen) atoms. The summed E-state index contributed by atoms with van der Waals surface area (Å²) in [6.45, 7) is 1.96. The highest BCUT2D eigenvalue weighted by Gasteiger charge is 1.49. The maximum atomic E-state index is 3.71. The Morgan fingerprint density at radius 1 is 1.50 bits per heavy atom. The molecule has 1 heteroatoms. The molecule has 1 nitrogen and oxygen atoms in total. The zero-order valence-electron chi connectivity index (χ0n) is 4.18. The maximum Gasteiger partial charge on any atom is 0.0277 e. The molecule has 0 unspecified atom stereocenters. The molecule has 0 N–H and O–H groups in total. The van der Waals surface area contributed by atoms with Crippen molar-refractivity contribution in [1.29, 1.82) is 0 Å². The Kier molecular flexibility index (Phi) is 3.98. The van der Waals surface area contributed by atoms with Gasteiger partial charge in [0, 0.05) is 13.3 Å². The Morgan fingerprint density at radius 3 is 2.33 bits per heavy atom. The number of hydrogen-bond donors (Lipinski definition) is 0. The minimum absolute atomic E-state index is 1.75. The van der Waals surface area contributed by atoms with E-state index in [0.29, 0.717) is 0 Å². The van der Waals surface area contributed by atoms with Gasteiger partial charge >= 0.3 is 0 Å². The molecule has 0 amide bonds. The van der Waals surface area contributed by atoms with Gasteiger partial charge in [-0.15, -0.1) is 0 Å². The van der Waals surface area contributed by atoms with Crippen LogP contribution in [0.2, 0.25) is 0 Å². The van der Waals surface area contributed by atoms with E-state index < -0.39 is 0 Å². The molecule has 0 rings (SSSR count). The average molecular weight is 83.1 g/mol. The van der Waals surface area contributed by atoms with Gasteiger partial charge in [0.25, 0.3) is 0 Å². The Bertz CT molecular complexity index is 52.3. The third-order valence-electron chi connectivity index (χ3n) is 0.428. The van der Waals surface area contributed by atoms with Crippen LogP contribution in [-0.2, 0) is 0 Å². The van der Waals surface area contributed by atoms with Crippen molar-refractivity contribution in [2.24, 2.45) is 4.99 Å². The van der Waals surface area contributed by atoms with Crippen LogP contribution >= 0.6 is 0 Å². The van der Waals surface area contributed by atoms with Crippen LogP contribution in [0.5, 0.6) is 0 Å². The Balaban J connectivity index is 3.07. The molecule has 34 valence electrons. The first-order valence-electron chi connectivity index (χ1n) is 1.95. The minimum Gasteiger partial charge on any atom is -0.297 e. The Hall–Kier alpha value is -0.590. The zero-order chi connectivity index (χ0) is 4.83. The smallest absolute Gasteiger partial charge is 0.0277 e. The maximum absolute atomic E-state index is 3.71. The van der Waals surface area contributed by atoms with Gasteiger partial charge in [-0.1, -0.05) is 6.08 Å². The fourth-order valence-electron chi connectivity index (χ4n) is 0.172. The summed E-state index contributed by atoms with van der Waals surface area (Å²) in [5.74, 6) is 0. The summed E-state index contributed by atoms with van der Waals surface area (Å²) in [5.41, 5.74) is 0. The molecule has 0 spiro atoms. The summed E-state index contributed by atoms with van der Waals surface area (Å²) in [5, 5.41) is 0. The molecular formula is C5H9N. The standard InChI is InChI=1S/C5H9N/c1-3-4-5-6-2/h3-5H,1-2H3/b4-3-,6-5+. The fraction of sp³-hybridized carbons (Fsp3) is 0.400. The van der Waals surface area contributed by atoms with Crippen molar-refractivity contribution >= 4 is 6.21 Å². The fourth-order valence-corrected chi connectivity index (χ4v) is 0.172. The second kappa shape index (κ2) is 4.41. The number of nitrogens with zero attached hydrogens (tertiary/aromatic N) is 1. The van der Waals surface area contributed by atoms with Crippen molar-refractivity contribution in [2.75, 3.05) is 7.05 Å². The lowest BCUT2D eigenvalue weighted by Gasteiger charge is -1.63. The van der Waals surface area contributed by atoms with Crippen molar-refractivity contribution < 1.29 is 0 Å². The molecule has 0 bridgehead atoms. The average Bonchev–Trinajstić information content (AvgIpc) is 1.61. The van der Waals surface area contributed by atoms with E-state index in [0.717, 1.165) is 0 Å². The van der Waals surface area contributed by atoms with Crippen LogP contribution in [0.15, 0.2) is 17.1 Å². The molecule has 0 saturated heterocycles. The lowest BCUT2D eigenvalue weighted by atomic mass is 10.6. The molecule has 0 saturated carbocycles. The van der Waals surface area contributed by atoms with Gasteiger partial charge < -0.3 is 0 Å². The van der Waals surface area contributed by atoms with E-state index in [1.54, 1.807) is 13.3 Å². The largest absolute Gasteiger partial charge is 0.297 e. The SMILES string of the molecule is C/C=C\C=N\C. The van der Waals surface area contributed by atoms with Gasteiger partial charge in [0.15, 0.2) is 0 Å². The predicted octanol–water partition coefficient (Wildman–Crippen LogP) is 1.26. The first kappa shape index (κ1) is 5.41. The molecule has 0 fully saturated rings. The van der Waals surface area contributed by atoms with Gasteiger partial charge in [-0.05, 0) is 13.0 Å². The van der Waals surface area contributed by atoms with E-state index in [1.165, 1.54) is 0 Å². The third-order valence-corrected chi connectivity index (χ3v) is 0.428. The Morgan fingerprint density at radius 2 is 2.17 bits per heavy atom. The normalized spacial score (nSPS) is 11.7.